The molecule has 2 aromatic rings. The number of benzene rings is 1. The van der Waals surface area contributed by atoms with Gasteiger partial charge >= 0.3 is 5.63 Å². The first-order chi connectivity index (χ1) is 13.3. The molecule has 4 heteroatoms. The van der Waals surface area contributed by atoms with E-state index in [1.165, 1.54) is 11.6 Å². The fourth-order valence-electron chi connectivity index (χ4n) is 2.74. The lowest BCUT2D eigenvalue weighted by Gasteiger charge is -2.09. The molecule has 0 saturated carbocycles. The second-order valence-corrected chi connectivity index (χ2v) is 7.22. The minimum absolute atomic E-state index is 0.379. The molecule has 28 heavy (non-hydrogen) atoms. The molecule has 1 unspecified atom stereocenters. The lowest BCUT2D eigenvalue weighted by atomic mass is 10.0. The fourth-order valence-corrected chi connectivity index (χ4v) is 2.74. The molecule has 149 valence electrons. The summed E-state index contributed by atoms with van der Waals surface area (Å²) in [6.07, 6.45) is 9.01. The van der Waals surface area contributed by atoms with Crippen LogP contribution in [0.25, 0.3) is 11.0 Å². The molecular weight excluding hydrogens is 352 g/mol. The fraction of sp³-hybridized carbons (Fsp3) is 0.333. The van der Waals surface area contributed by atoms with E-state index in [9.17, 15) is 9.90 Å². The lowest BCUT2D eigenvalue weighted by Crippen LogP contribution is -2.05. The quantitative estimate of drug-likeness (QED) is 0.468. The van der Waals surface area contributed by atoms with Crippen LogP contribution >= 0.6 is 0 Å². The molecule has 1 aromatic heterocycles. The third-order valence-corrected chi connectivity index (χ3v) is 4.23. The lowest BCUT2D eigenvalue weighted by molar-refractivity contribution is 0.222. The summed E-state index contributed by atoms with van der Waals surface area (Å²) in [4.78, 5) is 11.3. The van der Waals surface area contributed by atoms with Gasteiger partial charge in [0, 0.05) is 17.5 Å². The number of aliphatic hydroxyl groups excluding tert-OH is 1. The van der Waals surface area contributed by atoms with Crippen LogP contribution in [0.4, 0.5) is 0 Å². The average Bonchev–Trinajstić information content (AvgIpc) is 2.60. The van der Waals surface area contributed by atoms with E-state index in [1.807, 2.05) is 38.1 Å². The molecule has 1 N–H and O–H groups in total. The van der Waals surface area contributed by atoms with Crippen molar-refractivity contribution in [3.63, 3.8) is 0 Å². The van der Waals surface area contributed by atoms with Gasteiger partial charge in [-0.3, -0.25) is 0 Å². The zero-order valence-corrected chi connectivity index (χ0v) is 17.1. The van der Waals surface area contributed by atoms with Gasteiger partial charge in [-0.2, -0.15) is 0 Å². The maximum absolute atomic E-state index is 11.3. The van der Waals surface area contributed by atoms with E-state index < -0.39 is 6.10 Å². The maximum Gasteiger partial charge on any atom is 0.336 e. The van der Waals surface area contributed by atoms with Crippen LogP contribution in [0.5, 0.6) is 5.75 Å². The number of fused-ring (bicyclic) bond motifs is 1. The zero-order valence-electron chi connectivity index (χ0n) is 17.1. The largest absolute Gasteiger partial charge is 0.489 e. The second-order valence-electron chi connectivity index (χ2n) is 7.22. The second kappa shape index (κ2) is 10.7. The van der Waals surface area contributed by atoms with E-state index in [0.29, 0.717) is 24.4 Å². The standard InChI is InChI=1S/C24H29O4/c1-17(2)6-5-7-18(3)14-21(25)15-19(4)12-13-27-22-10-8-20-9-11-24(26)28-23(20)16-22/h6-12,14,16,21,25H,5,13,15H2,1-4H3/b18-14+,19-12+. The van der Waals surface area contributed by atoms with Gasteiger partial charge in [-0.25, -0.2) is 4.79 Å². The van der Waals surface area contributed by atoms with Crippen LogP contribution in [0.15, 0.2) is 74.5 Å². The molecule has 0 aliphatic heterocycles. The summed E-state index contributed by atoms with van der Waals surface area (Å²) in [5.74, 6) is 0.635. The summed E-state index contributed by atoms with van der Waals surface area (Å²) in [5, 5.41) is 11.1. The Balaban J connectivity index is 1.85. The first-order valence-corrected chi connectivity index (χ1v) is 9.49. The third-order valence-electron chi connectivity index (χ3n) is 4.23. The highest BCUT2D eigenvalue weighted by Gasteiger charge is 2.04. The molecule has 1 aromatic carbocycles. The Morgan fingerprint density at radius 2 is 1.89 bits per heavy atom. The van der Waals surface area contributed by atoms with E-state index in [2.05, 4.69) is 26.3 Å². The van der Waals surface area contributed by atoms with Gasteiger partial charge in [0.25, 0.3) is 0 Å². The first-order valence-electron chi connectivity index (χ1n) is 9.49. The van der Waals surface area contributed by atoms with E-state index in [1.54, 1.807) is 12.1 Å². The predicted molar refractivity (Wildman–Crippen MR) is 114 cm³/mol. The topological polar surface area (TPSA) is 59.7 Å². The van der Waals surface area contributed by atoms with Gasteiger partial charge in [-0.15, -0.1) is 0 Å². The molecule has 0 saturated heterocycles. The molecule has 4 nitrogen and oxygen atoms in total. The minimum atomic E-state index is -0.519. The summed E-state index contributed by atoms with van der Waals surface area (Å²) >= 11 is 0. The zero-order chi connectivity index (χ0) is 20.5. The van der Waals surface area contributed by atoms with Gasteiger partial charge in [-0.05, 0) is 71.2 Å². The van der Waals surface area contributed by atoms with E-state index in [0.717, 1.165) is 23.0 Å². The van der Waals surface area contributed by atoms with E-state index in [4.69, 9.17) is 9.15 Å². The summed E-state index contributed by atoms with van der Waals surface area (Å²) in [7, 11) is 0. The van der Waals surface area contributed by atoms with Crippen LogP contribution in [-0.4, -0.2) is 17.8 Å². The molecular formula is C24H29O4. The molecule has 0 aliphatic carbocycles. The monoisotopic (exact) mass is 381 g/mol. The van der Waals surface area contributed by atoms with Crippen molar-refractivity contribution in [1.82, 2.24) is 0 Å². The Hall–Kier alpha value is -2.59. The molecule has 0 amide bonds. The van der Waals surface area contributed by atoms with Gasteiger partial charge < -0.3 is 14.3 Å². The highest BCUT2D eigenvalue weighted by molar-refractivity contribution is 5.77. The van der Waals surface area contributed by atoms with Crippen molar-refractivity contribution < 1.29 is 14.3 Å². The Bertz CT molecular complexity index is 927. The summed E-state index contributed by atoms with van der Waals surface area (Å²) < 4.78 is 10.9. The van der Waals surface area contributed by atoms with Crippen molar-refractivity contribution in [3.8, 4) is 5.75 Å². The van der Waals surface area contributed by atoms with Crippen LogP contribution < -0.4 is 10.4 Å². The average molecular weight is 381 g/mol. The molecule has 0 spiro atoms. The van der Waals surface area contributed by atoms with Gasteiger partial charge in [0.05, 0.1) is 6.10 Å². The number of hydrogen-bond donors (Lipinski definition) is 1. The van der Waals surface area contributed by atoms with Crippen LogP contribution in [0.2, 0.25) is 0 Å². The molecule has 1 heterocycles. The van der Waals surface area contributed by atoms with Gasteiger partial charge in [0.1, 0.15) is 17.9 Å². The summed E-state index contributed by atoms with van der Waals surface area (Å²) in [5.41, 5.74) is 3.54. The van der Waals surface area contributed by atoms with E-state index >= 15 is 0 Å². The Labute approximate surface area is 166 Å². The molecule has 0 bridgehead atoms. The van der Waals surface area contributed by atoms with Crippen molar-refractivity contribution in [2.45, 2.75) is 46.6 Å². The minimum Gasteiger partial charge on any atom is -0.489 e. The van der Waals surface area contributed by atoms with Gasteiger partial charge in [0.2, 0.25) is 0 Å². The Kier molecular flexibility index (Phi) is 8.27. The van der Waals surface area contributed by atoms with Crippen LogP contribution in [0.3, 0.4) is 0 Å². The van der Waals surface area contributed by atoms with Gasteiger partial charge in [-0.1, -0.05) is 28.9 Å². The maximum atomic E-state index is 11.3. The molecule has 2 rings (SSSR count). The van der Waals surface area contributed by atoms with Crippen LogP contribution in [0, 0.1) is 6.42 Å². The Morgan fingerprint density at radius 1 is 1.14 bits per heavy atom. The van der Waals surface area contributed by atoms with Crippen molar-refractivity contribution in [2.24, 2.45) is 0 Å². The SMILES string of the molecule is CC(C)=CC[CH]/C(C)=C/C(O)C/C(C)=C/COc1ccc2ccc(=O)oc2c1. The highest BCUT2D eigenvalue weighted by atomic mass is 16.5. The number of allylic oxidation sites excluding steroid dienone is 3. The first kappa shape index (κ1) is 21.7. The Morgan fingerprint density at radius 3 is 2.64 bits per heavy atom. The number of ether oxygens (including phenoxy) is 1. The molecule has 0 aliphatic rings. The number of hydrogen-bond acceptors (Lipinski definition) is 4. The molecule has 1 radical (unpaired) electrons. The van der Waals surface area contributed by atoms with Crippen LogP contribution in [0.1, 0.15) is 40.5 Å². The van der Waals surface area contributed by atoms with Crippen molar-refractivity contribution in [3.05, 3.63) is 82.1 Å². The third kappa shape index (κ3) is 7.57. The summed E-state index contributed by atoms with van der Waals surface area (Å²) in [6.45, 7) is 8.51. The van der Waals surface area contributed by atoms with Gasteiger partial charge in [0.15, 0.2) is 0 Å². The highest BCUT2D eigenvalue weighted by Crippen LogP contribution is 2.19. The molecule has 1 atom stereocenters. The normalized spacial score (nSPS) is 13.5. The number of rotatable bonds is 9. The van der Waals surface area contributed by atoms with Crippen molar-refractivity contribution in [2.75, 3.05) is 6.61 Å². The van der Waals surface area contributed by atoms with Crippen molar-refractivity contribution in [1.29, 1.82) is 0 Å². The predicted octanol–water partition coefficient (Wildman–Crippen LogP) is 5.38. The smallest absolute Gasteiger partial charge is 0.336 e. The van der Waals surface area contributed by atoms with Crippen LogP contribution in [-0.2, 0) is 0 Å². The van der Waals surface area contributed by atoms with E-state index in [-0.39, 0.29) is 5.63 Å². The number of aliphatic hydroxyl groups is 1. The molecule has 0 fully saturated rings. The summed E-state index contributed by atoms with van der Waals surface area (Å²) in [6, 6.07) is 8.53. The van der Waals surface area contributed by atoms with Crippen molar-refractivity contribution >= 4 is 11.0 Å².